The molecule has 7 heteroatoms. The fraction of sp³-hybridized carbons (Fsp3) is 0.571. The van der Waals surface area contributed by atoms with Gasteiger partial charge in [0.2, 0.25) is 0 Å². The van der Waals surface area contributed by atoms with Crippen molar-refractivity contribution in [3.8, 4) is 0 Å². The summed E-state index contributed by atoms with van der Waals surface area (Å²) in [5.41, 5.74) is 5.31. The molecule has 1 heterocycles. The van der Waals surface area contributed by atoms with Gasteiger partial charge in [-0.2, -0.15) is 0 Å². The van der Waals surface area contributed by atoms with Gasteiger partial charge in [0.15, 0.2) is 9.84 Å². The lowest BCUT2D eigenvalue weighted by atomic mass is 10.2. The summed E-state index contributed by atoms with van der Waals surface area (Å²) in [6.45, 7) is 5.99. The first-order chi connectivity index (χ1) is 9.79. The van der Waals surface area contributed by atoms with Gasteiger partial charge in [-0.15, -0.1) is 0 Å². The molecular weight excluding hydrogens is 295 g/mol. The standard InChI is InChI=1S/C14H21FN2O3S/c1-10(2)17-5-6-20-11(8-17)9-21(18,19)12-3-4-14(16)13(15)7-12/h3-4,7,10-11H,5-6,8-9,16H2,1-2H3. The third kappa shape index (κ3) is 3.93. The molecule has 0 bridgehead atoms. The van der Waals surface area contributed by atoms with Crippen molar-refractivity contribution < 1.29 is 17.5 Å². The van der Waals surface area contributed by atoms with E-state index in [1.165, 1.54) is 12.1 Å². The Balaban J connectivity index is 2.11. The lowest BCUT2D eigenvalue weighted by Crippen LogP contribution is -2.48. The fourth-order valence-electron chi connectivity index (χ4n) is 2.35. The number of nitrogen functional groups attached to an aromatic ring is 1. The minimum absolute atomic E-state index is 0.0560. The Hall–Kier alpha value is -1.18. The summed E-state index contributed by atoms with van der Waals surface area (Å²) in [4.78, 5) is 2.12. The topological polar surface area (TPSA) is 72.6 Å². The van der Waals surface area contributed by atoms with E-state index in [0.717, 1.165) is 12.6 Å². The minimum Gasteiger partial charge on any atom is -0.396 e. The van der Waals surface area contributed by atoms with E-state index < -0.39 is 21.8 Å². The zero-order chi connectivity index (χ0) is 15.6. The monoisotopic (exact) mass is 316 g/mol. The fourth-order valence-corrected chi connectivity index (χ4v) is 3.80. The Bertz CT molecular complexity index is 604. The molecule has 0 aromatic heterocycles. The van der Waals surface area contributed by atoms with Gasteiger partial charge in [-0.3, -0.25) is 4.90 Å². The second-order valence-corrected chi connectivity index (χ2v) is 7.58. The zero-order valence-electron chi connectivity index (χ0n) is 12.3. The van der Waals surface area contributed by atoms with Crippen LogP contribution >= 0.6 is 0 Å². The van der Waals surface area contributed by atoms with Crippen molar-refractivity contribution in [2.75, 3.05) is 31.2 Å². The number of morpholine rings is 1. The van der Waals surface area contributed by atoms with E-state index in [4.69, 9.17) is 10.5 Å². The molecule has 5 nitrogen and oxygen atoms in total. The maximum absolute atomic E-state index is 13.4. The molecule has 118 valence electrons. The normalized spacial score (nSPS) is 20.9. The van der Waals surface area contributed by atoms with E-state index in [1.807, 2.05) is 0 Å². The van der Waals surface area contributed by atoms with E-state index in [2.05, 4.69) is 18.7 Å². The van der Waals surface area contributed by atoms with E-state index in [0.29, 0.717) is 19.2 Å². The molecule has 0 radical (unpaired) electrons. The highest BCUT2D eigenvalue weighted by molar-refractivity contribution is 7.91. The molecule has 0 spiro atoms. The Morgan fingerprint density at radius 2 is 2.19 bits per heavy atom. The van der Waals surface area contributed by atoms with Gasteiger partial charge in [0.05, 0.1) is 29.0 Å². The largest absolute Gasteiger partial charge is 0.396 e. The van der Waals surface area contributed by atoms with Crippen LogP contribution < -0.4 is 5.73 Å². The van der Waals surface area contributed by atoms with Crippen LogP contribution in [0.15, 0.2) is 23.1 Å². The third-order valence-electron chi connectivity index (χ3n) is 3.64. The summed E-state index contributed by atoms with van der Waals surface area (Å²) in [7, 11) is -3.60. The maximum Gasteiger partial charge on any atom is 0.181 e. The number of benzene rings is 1. The average Bonchev–Trinajstić information content (AvgIpc) is 2.41. The predicted octanol–water partition coefficient (Wildman–Crippen LogP) is 1.29. The van der Waals surface area contributed by atoms with Crippen LogP contribution in [0, 0.1) is 5.82 Å². The Morgan fingerprint density at radius 3 is 2.81 bits per heavy atom. The highest BCUT2D eigenvalue weighted by Crippen LogP contribution is 2.20. The molecule has 2 rings (SSSR count). The Morgan fingerprint density at radius 1 is 1.48 bits per heavy atom. The number of hydrogen-bond acceptors (Lipinski definition) is 5. The Labute approximate surface area is 124 Å². The Kier molecular flexibility index (Phi) is 4.85. The highest BCUT2D eigenvalue weighted by atomic mass is 32.2. The molecule has 1 atom stereocenters. The van der Waals surface area contributed by atoms with Gasteiger partial charge in [0.25, 0.3) is 0 Å². The first kappa shape index (κ1) is 16.2. The van der Waals surface area contributed by atoms with Crippen molar-refractivity contribution in [1.29, 1.82) is 0 Å². The third-order valence-corrected chi connectivity index (χ3v) is 5.42. The number of rotatable bonds is 4. The van der Waals surface area contributed by atoms with Crippen LogP contribution in [-0.2, 0) is 14.6 Å². The van der Waals surface area contributed by atoms with Crippen LogP contribution in [0.25, 0.3) is 0 Å². The number of halogens is 1. The summed E-state index contributed by atoms with van der Waals surface area (Å²) in [6.07, 6.45) is -0.397. The van der Waals surface area contributed by atoms with Crippen molar-refractivity contribution in [3.05, 3.63) is 24.0 Å². The number of hydrogen-bond donors (Lipinski definition) is 1. The molecule has 21 heavy (non-hydrogen) atoms. The SMILES string of the molecule is CC(C)N1CCOC(CS(=O)(=O)c2ccc(N)c(F)c2)C1. The van der Waals surface area contributed by atoms with Crippen LogP contribution in [-0.4, -0.2) is 50.9 Å². The molecule has 1 aliphatic rings. The summed E-state index contributed by atoms with van der Waals surface area (Å²) >= 11 is 0. The van der Waals surface area contributed by atoms with E-state index in [9.17, 15) is 12.8 Å². The first-order valence-electron chi connectivity index (χ1n) is 6.93. The van der Waals surface area contributed by atoms with Crippen LogP contribution in [0.5, 0.6) is 0 Å². The van der Waals surface area contributed by atoms with Gasteiger partial charge in [0, 0.05) is 19.1 Å². The van der Waals surface area contributed by atoms with Crippen molar-refractivity contribution in [1.82, 2.24) is 4.90 Å². The van der Waals surface area contributed by atoms with Crippen LogP contribution in [0.1, 0.15) is 13.8 Å². The van der Waals surface area contributed by atoms with Crippen molar-refractivity contribution in [2.45, 2.75) is 30.9 Å². The lowest BCUT2D eigenvalue weighted by Gasteiger charge is -2.35. The van der Waals surface area contributed by atoms with Crippen LogP contribution in [0.2, 0.25) is 0 Å². The van der Waals surface area contributed by atoms with Crippen LogP contribution in [0.4, 0.5) is 10.1 Å². The van der Waals surface area contributed by atoms with Crippen LogP contribution in [0.3, 0.4) is 0 Å². The number of nitrogens with zero attached hydrogens (tertiary/aromatic N) is 1. The van der Waals surface area contributed by atoms with E-state index in [-0.39, 0.29) is 16.3 Å². The summed E-state index contributed by atoms with van der Waals surface area (Å²) in [6, 6.07) is 3.91. The van der Waals surface area contributed by atoms with E-state index in [1.54, 1.807) is 0 Å². The van der Waals surface area contributed by atoms with E-state index >= 15 is 0 Å². The molecule has 0 aliphatic carbocycles. The van der Waals surface area contributed by atoms with Crippen molar-refractivity contribution >= 4 is 15.5 Å². The highest BCUT2D eigenvalue weighted by Gasteiger charge is 2.28. The molecule has 1 unspecified atom stereocenters. The summed E-state index contributed by atoms with van der Waals surface area (Å²) in [5.74, 6) is -0.871. The van der Waals surface area contributed by atoms with Gasteiger partial charge < -0.3 is 10.5 Å². The smallest absolute Gasteiger partial charge is 0.181 e. The summed E-state index contributed by atoms with van der Waals surface area (Å²) < 4.78 is 43.6. The molecule has 1 fully saturated rings. The lowest BCUT2D eigenvalue weighted by molar-refractivity contribution is -0.0272. The maximum atomic E-state index is 13.4. The van der Waals surface area contributed by atoms with Gasteiger partial charge >= 0.3 is 0 Å². The molecular formula is C14H21FN2O3S. The van der Waals surface area contributed by atoms with Gasteiger partial charge in [-0.1, -0.05) is 0 Å². The number of anilines is 1. The first-order valence-corrected chi connectivity index (χ1v) is 8.58. The number of nitrogens with two attached hydrogens (primary N) is 1. The average molecular weight is 316 g/mol. The van der Waals surface area contributed by atoms with Gasteiger partial charge in [-0.25, -0.2) is 12.8 Å². The quantitative estimate of drug-likeness (QED) is 0.848. The molecule has 1 saturated heterocycles. The second-order valence-electron chi connectivity index (χ2n) is 5.55. The zero-order valence-corrected chi connectivity index (χ0v) is 13.1. The number of sulfone groups is 1. The second kappa shape index (κ2) is 6.29. The van der Waals surface area contributed by atoms with Gasteiger partial charge in [0.1, 0.15) is 5.82 Å². The minimum atomic E-state index is -3.60. The summed E-state index contributed by atoms with van der Waals surface area (Å²) in [5, 5.41) is 0. The molecule has 1 aliphatic heterocycles. The van der Waals surface area contributed by atoms with Crippen molar-refractivity contribution in [2.24, 2.45) is 0 Å². The molecule has 2 N–H and O–H groups in total. The molecule has 0 saturated carbocycles. The molecule has 1 aromatic carbocycles. The predicted molar refractivity (Wildman–Crippen MR) is 79.3 cm³/mol. The molecule has 1 aromatic rings. The molecule has 0 amide bonds. The number of ether oxygens (including phenoxy) is 1. The van der Waals surface area contributed by atoms with Gasteiger partial charge in [-0.05, 0) is 32.0 Å². The van der Waals surface area contributed by atoms with Crippen molar-refractivity contribution in [3.63, 3.8) is 0 Å².